The van der Waals surface area contributed by atoms with Gasteiger partial charge in [-0.15, -0.1) is 0 Å². The molecule has 37 heavy (non-hydrogen) atoms. The number of carbonyl (C=O) groups is 1. The SMILES string of the molecule is CCOc1cccc2sc(N(Cc3ccccn3)C(=O)c3ccc(S(=O)(=O)N4CCCCC4)cc3)nc12. The number of piperidine rings is 1. The zero-order valence-corrected chi connectivity index (χ0v) is 22.2. The van der Waals surface area contributed by atoms with E-state index in [1.807, 2.05) is 43.3 Å². The van der Waals surface area contributed by atoms with E-state index in [0.29, 0.717) is 47.4 Å². The van der Waals surface area contributed by atoms with Crippen LogP contribution in [0, 0.1) is 0 Å². The molecule has 2 aromatic carbocycles. The van der Waals surface area contributed by atoms with Gasteiger partial charge in [-0.05, 0) is 68.3 Å². The van der Waals surface area contributed by atoms with Crippen LogP contribution in [0.1, 0.15) is 42.2 Å². The van der Waals surface area contributed by atoms with Crippen molar-refractivity contribution in [2.24, 2.45) is 0 Å². The summed E-state index contributed by atoms with van der Waals surface area (Å²) in [5, 5.41) is 0.517. The number of amides is 1. The van der Waals surface area contributed by atoms with Crippen LogP contribution >= 0.6 is 11.3 Å². The number of pyridine rings is 1. The third-order valence-corrected chi connectivity index (χ3v) is 9.20. The number of carbonyl (C=O) groups excluding carboxylic acids is 1. The van der Waals surface area contributed by atoms with E-state index in [0.717, 1.165) is 24.0 Å². The first-order valence-corrected chi connectivity index (χ1v) is 14.6. The third kappa shape index (κ3) is 5.36. The number of nitrogens with zero attached hydrogens (tertiary/aromatic N) is 4. The summed E-state index contributed by atoms with van der Waals surface area (Å²) in [5.41, 5.74) is 1.79. The zero-order valence-electron chi connectivity index (χ0n) is 20.5. The van der Waals surface area contributed by atoms with Crippen LogP contribution in [0.15, 0.2) is 71.8 Å². The van der Waals surface area contributed by atoms with Crippen molar-refractivity contribution >= 4 is 42.6 Å². The Hall–Kier alpha value is -3.34. The first kappa shape index (κ1) is 25.3. The molecule has 0 unspecified atom stereocenters. The van der Waals surface area contributed by atoms with Crippen LogP contribution in [-0.2, 0) is 16.6 Å². The van der Waals surface area contributed by atoms with Crippen molar-refractivity contribution in [3.05, 3.63) is 78.1 Å². The molecule has 1 aliphatic rings. The molecule has 10 heteroatoms. The summed E-state index contributed by atoms with van der Waals surface area (Å²) in [5.74, 6) is 0.379. The van der Waals surface area contributed by atoms with Crippen LogP contribution in [0.5, 0.6) is 5.75 Å². The Kier molecular flexibility index (Phi) is 7.50. The van der Waals surface area contributed by atoms with Gasteiger partial charge in [0.2, 0.25) is 10.0 Å². The van der Waals surface area contributed by atoms with Gasteiger partial charge >= 0.3 is 0 Å². The molecule has 0 atom stereocenters. The highest BCUT2D eigenvalue weighted by Gasteiger charge is 2.27. The lowest BCUT2D eigenvalue weighted by Gasteiger charge is -2.26. The van der Waals surface area contributed by atoms with E-state index in [1.54, 1.807) is 23.2 Å². The molecule has 5 rings (SSSR count). The van der Waals surface area contributed by atoms with Gasteiger partial charge in [-0.1, -0.05) is 29.9 Å². The number of benzene rings is 2. The molecule has 0 aliphatic carbocycles. The maximum atomic E-state index is 13.8. The van der Waals surface area contributed by atoms with Crippen molar-refractivity contribution in [3.8, 4) is 5.75 Å². The van der Waals surface area contributed by atoms with E-state index >= 15 is 0 Å². The van der Waals surface area contributed by atoms with E-state index in [-0.39, 0.29) is 17.3 Å². The van der Waals surface area contributed by atoms with Crippen molar-refractivity contribution in [2.45, 2.75) is 37.6 Å². The van der Waals surface area contributed by atoms with Gasteiger partial charge in [0.15, 0.2) is 5.13 Å². The molecule has 0 spiro atoms. The van der Waals surface area contributed by atoms with Gasteiger partial charge in [-0.3, -0.25) is 14.7 Å². The van der Waals surface area contributed by atoms with Crippen molar-refractivity contribution < 1.29 is 17.9 Å². The fourth-order valence-corrected chi connectivity index (χ4v) is 6.86. The maximum Gasteiger partial charge on any atom is 0.260 e. The van der Waals surface area contributed by atoms with Gasteiger partial charge in [0.05, 0.1) is 28.4 Å². The Morgan fingerprint density at radius 1 is 1.03 bits per heavy atom. The average Bonchev–Trinajstić information content (AvgIpc) is 3.38. The molecule has 0 radical (unpaired) electrons. The first-order chi connectivity index (χ1) is 18.0. The second-order valence-electron chi connectivity index (χ2n) is 8.73. The summed E-state index contributed by atoms with van der Waals surface area (Å²) >= 11 is 1.40. The molecular formula is C27H28N4O4S2. The van der Waals surface area contributed by atoms with Gasteiger partial charge in [0, 0.05) is 24.8 Å². The number of hydrogen-bond donors (Lipinski definition) is 0. The highest BCUT2D eigenvalue weighted by molar-refractivity contribution is 7.89. The fourth-order valence-electron chi connectivity index (χ4n) is 4.36. The largest absolute Gasteiger partial charge is 0.492 e. The fraction of sp³-hybridized carbons (Fsp3) is 0.296. The van der Waals surface area contributed by atoms with Crippen molar-refractivity contribution in [1.82, 2.24) is 14.3 Å². The average molecular weight is 537 g/mol. The topological polar surface area (TPSA) is 92.7 Å². The summed E-state index contributed by atoms with van der Waals surface area (Å²) in [6, 6.07) is 17.4. The Balaban J connectivity index is 1.48. The summed E-state index contributed by atoms with van der Waals surface area (Å²) in [4.78, 5) is 24.7. The summed E-state index contributed by atoms with van der Waals surface area (Å²) in [6.45, 7) is 3.70. The van der Waals surface area contributed by atoms with Crippen LogP contribution in [0.3, 0.4) is 0 Å². The number of rotatable bonds is 8. The number of fused-ring (bicyclic) bond motifs is 1. The lowest BCUT2D eigenvalue weighted by molar-refractivity contribution is 0.0984. The van der Waals surface area contributed by atoms with Crippen LogP contribution in [-0.4, -0.2) is 48.3 Å². The van der Waals surface area contributed by atoms with Gasteiger partial charge in [-0.25, -0.2) is 13.4 Å². The zero-order chi connectivity index (χ0) is 25.8. The Bertz CT molecular complexity index is 1480. The van der Waals surface area contributed by atoms with Gasteiger partial charge in [-0.2, -0.15) is 4.31 Å². The minimum Gasteiger partial charge on any atom is -0.492 e. The number of sulfonamides is 1. The highest BCUT2D eigenvalue weighted by atomic mass is 32.2. The molecule has 8 nitrogen and oxygen atoms in total. The molecule has 1 fully saturated rings. The number of ether oxygens (including phenoxy) is 1. The Morgan fingerprint density at radius 2 is 1.81 bits per heavy atom. The van der Waals surface area contributed by atoms with E-state index in [4.69, 9.17) is 9.72 Å². The van der Waals surface area contributed by atoms with E-state index in [9.17, 15) is 13.2 Å². The summed E-state index contributed by atoms with van der Waals surface area (Å²) in [6.07, 6.45) is 4.46. The molecule has 1 amide bonds. The van der Waals surface area contributed by atoms with Crippen molar-refractivity contribution in [2.75, 3.05) is 24.6 Å². The number of hydrogen-bond acceptors (Lipinski definition) is 7. The van der Waals surface area contributed by atoms with Gasteiger partial charge < -0.3 is 4.74 Å². The minimum atomic E-state index is -3.58. The van der Waals surface area contributed by atoms with E-state index < -0.39 is 10.0 Å². The minimum absolute atomic E-state index is 0.198. The molecular weight excluding hydrogens is 508 g/mol. The van der Waals surface area contributed by atoms with Gasteiger partial charge in [0.1, 0.15) is 11.3 Å². The number of aromatic nitrogens is 2. The predicted octanol–water partition coefficient (Wildman–Crippen LogP) is 5.11. The molecule has 1 aliphatic heterocycles. The molecule has 0 bridgehead atoms. The normalized spacial score (nSPS) is 14.5. The molecule has 192 valence electrons. The second-order valence-corrected chi connectivity index (χ2v) is 11.7. The molecule has 4 aromatic rings. The monoisotopic (exact) mass is 536 g/mol. The van der Waals surface area contributed by atoms with Crippen LogP contribution < -0.4 is 9.64 Å². The molecule has 1 saturated heterocycles. The number of para-hydroxylation sites is 1. The standard InChI is InChI=1S/C27H28N4O4S2/c1-2-35-23-10-8-11-24-25(23)29-27(36-24)31(19-21-9-4-5-16-28-21)26(32)20-12-14-22(15-13-20)37(33,34)30-17-6-3-7-18-30/h4-5,8-16H,2-3,6-7,17-19H2,1H3. The smallest absolute Gasteiger partial charge is 0.260 e. The molecule has 3 heterocycles. The maximum absolute atomic E-state index is 13.8. The quantitative estimate of drug-likeness (QED) is 0.311. The van der Waals surface area contributed by atoms with E-state index in [2.05, 4.69) is 4.98 Å². The summed E-state index contributed by atoms with van der Waals surface area (Å²) < 4.78 is 34.3. The highest BCUT2D eigenvalue weighted by Crippen LogP contribution is 2.35. The van der Waals surface area contributed by atoms with Crippen LogP contribution in [0.25, 0.3) is 10.2 Å². The number of anilines is 1. The molecule has 0 N–H and O–H groups in total. The second kappa shape index (κ2) is 11.0. The number of thiazole rings is 1. The van der Waals surface area contributed by atoms with Crippen LogP contribution in [0.4, 0.5) is 5.13 Å². The third-order valence-electron chi connectivity index (χ3n) is 6.25. The lowest BCUT2D eigenvalue weighted by Crippen LogP contribution is -2.35. The summed E-state index contributed by atoms with van der Waals surface area (Å²) in [7, 11) is -3.58. The van der Waals surface area contributed by atoms with E-state index in [1.165, 1.54) is 27.8 Å². The predicted molar refractivity (Wildman–Crippen MR) is 145 cm³/mol. The van der Waals surface area contributed by atoms with Crippen LogP contribution in [0.2, 0.25) is 0 Å². The van der Waals surface area contributed by atoms with Gasteiger partial charge in [0.25, 0.3) is 5.91 Å². The van der Waals surface area contributed by atoms with Crippen molar-refractivity contribution in [1.29, 1.82) is 0 Å². The molecule has 0 saturated carbocycles. The Labute approximate surface area is 220 Å². The lowest BCUT2D eigenvalue weighted by atomic mass is 10.2. The first-order valence-electron chi connectivity index (χ1n) is 12.3. The molecule has 2 aromatic heterocycles. The Morgan fingerprint density at radius 3 is 2.51 bits per heavy atom. The van der Waals surface area contributed by atoms with Crippen molar-refractivity contribution in [3.63, 3.8) is 0 Å².